The number of hydrogen-bond acceptors (Lipinski definition) is 4. The summed E-state index contributed by atoms with van der Waals surface area (Å²) in [5.74, 6) is -0.136. The molecule has 0 unspecified atom stereocenters. The monoisotopic (exact) mass is 467 g/mol. The number of likely N-dealkylation sites (tertiary alicyclic amines) is 1. The Labute approximate surface area is 187 Å². The third-order valence-electron chi connectivity index (χ3n) is 5.66. The highest BCUT2D eigenvalue weighted by atomic mass is 35.5. The molecule has 1 saturated heterocycles. The van der Waals surface area contributed by atoms with Gasteiger partial charge in [-0.05, 0) is 63.2 Å². The van der Waals surface area contributed by atoms with Gasteiger partial charge in [0.05, 0.1) is 32.5 Å². The lowest BCUT2D eigenvalue weighted by atomic mass is 9.96. The van der Waals surface area contributed by atoms with Crippen LogP contribution in [-0.2, 0) is 11.0 Å². The van der Waals surface area contributed by atoms with Crippen molar-refractivity contribution in [2.45, 2.75) is 37.9 Å². The highest BCUT2D eigenvalue weighted by Gasteiger charge is 2.35. The number of hydrogen-bond donors (Lipinski definition) is 1. The van der Waals surface area contributed by atoms with E-state index in [4.69, 9.17) is 16.6 Å². The molecule has 1 atom stereocenters. The molecule has 0 aliphatic carbocycles. The van der Waals surface area contributed by atoms with Crippen LogP contribution in [0.5, 0.6) is 0 Å². The van der Waals surface area contributed by atoms with E-state index >= 15 is 0 Å². The maximum atomic E-state index is 13.3. The Hall–Kier alpha value is -2.16. The van der Waals surface area contributed by atoms with E-state index in [-0.39, 0.29) is 10.7 Å². The number of alkyl halides is 3. The SMILES string of the molecule is C[C@@H](C(=O)Nc1ccc(Cl)cc1C(F)(F)F)N1CCC(c2nc3ccccc3s2)CC1. The van der Waals surface area contributed by atoms with E-state index in [2.05, 4.69) is 11.4 Å². The molecule has 1 amide bonds. The summed E-state index contributed by atoms with van der Waals surface area (Å²) in [5.41, 5.74) is -0.227. The third-order valence-corrected chi connectivity index (χ3v) is 7.10. The van der Waals surface area contributed by atoms with Crippen molar-refractivity contribution in [1.82, 2.24) is 9.88 Å². The van der Waals surface area contributed by atoms with E-state index in [9.17, 15) is 18.0 Å². The predicted molar refractivity (Wildman–Crippen MR) is 118 cm³/mol. The van der Waals surface area contributed by atoms with Crippen LogP contribution in [0.3, 0.4) is 0 Å². The second-order valence-electron chi connectivity index (χ2n) is 7.68. The van der Waals surface area contributed by atoms with Gasteiger partial charge >= 0.3 is 6.18 Å². The van der Waals surface area contributed by atoms with Crippen LogP contribution < -0.4 is 5.32 Å². The molecule has 1 aliphatic heterocycles. The zero-order chi connectivity index (χ0) is 22.2. The number of carbonyl (C=O) groups is 1. The Morgan fingerprint density at radius 3 is 2.61 bits per heavy atom. The van der Waals surface area contributed by atoms with Crippen LogP contribution in [0.2, 0.25) is 5.02 Å². The molecule has 2 aromatic carbocycles. The molecule has 1 N–H and O–H groups in total. The van der Waals surface area contributed by atoms with Gasteiger partial charge in [0.25, 0.3) is 0 Å². The number of carbonyl (C=O) groups excluding carboxylic acids is 1. The number of thiazole rings is 1. The van der Waals surface area contributed by atoms with Crippen LogP contribution in [0.15, 0.2) is 42.5 Å². The first kappa shape index (κ1) is 22.0. The number of nitrogens with zero attached hydrogens (tertiary/aromatic N) is 2. The summed E-state index contributed by atoms with van der Waals surface area (Å²) in [6.07, 6.45) is -2.90. The smallest absolute Gasteiger partial charge is 0.324 e. The van der Waals surface area contributed by atoms with E-state index in [1.165, 1.54) is 12.1 Å². The molecule has 1 fully saturated rings. The molecule has 164 valence electrons. The Morgan fingerprint density at radius 1 is 1.23 bits per heavy atom. The standard InChI is InChI=1S/C22H21ClF3N3OS/c1-13(20(30)27-17-7-6-15(23)12-16(17)22(24,25)26)29-10-8-14(9-11-29)21-28-18-4-2-3-5-19(18)31-21/h2-7,12-14H,8-11H2,1H3,(H,27,30)/t13-/m0/s1. The van der Waals surface area contributed by atoms with Gasteiger partial charge in [0.15, 0.2) is 0 Å². The molecular formula is C22H21ClF3N3OS. The van der Waals surface area contributed by atoms with Crippen molar-refractivity contribution in [3.63, 3.8) is 0 Å². The summed E-state index contributed by atoms with van der Waals surface area (Å²) in [6.45, 7) is 3.08. The fraction of sp³-hybridized carbons (Fsp3) is 0.364. The first-order valence-electron chi connectivity index (χ1n) is 9.99. The number of para-hydroxylation sites is 1. The molecule has 0 spiro atoms. The van der Waals surface area contributed by atoms with Gasteiger partial charge in [-0.1, -0.05) is 23.7 Å². The number of anilines is 1. The van der Waals surface area contributed by atoms with E-state index in [0.29, 0.717) is 19.0 Å². The lowest BCUT2D eigenvalue weighted by molar-refractivity contribution is -0.137. The number of nitrogens with one attached hydrogen (secondary N) is 1. The maximum absolute atomic E-state index is 13.3. The van der Waals surface area contributed by atoms with Gasteiger partial charge < -0.3 is 5.32 Å². The van der Waals surface area contributed by atoms with Crippen LogP contribution in [0.4, 0.5) is 18.9 Å². The number of fused-ring (bicyclic) bond motifs is 1. The van der Waals surface area contributed by atoms with E-state index in [1.807, 2.05) is 23.1 Å². The van der Waals surface area contributed by atoms with Crippen molar-refractivity contribution < 1.29 is 18.0 Å². The minimum atomic E-state index is -4.60. The normalized spacial score (nSPS) is 17.1. The maximum Gasteiger partial charge on any atom is 0.418 e. The first-order chi connectivity index (χ1) is 14.7. The van der Waals surface area contributed by atoms with Crippen molar-refractivity contribution in [3.05, 3.63) is 58.1 Å². The highest BCUT2D eigenvalue weighted by molar-refractivity contribution is 7.18. The van der Waals surface area contributed by atoms with Gasteiger partial charge in [0.2, 0.25) is 5.91 Å². The topological polar surface area (TPSA) is 45.2 Å². The summed E-state index contributed by atoms with van der Waals surface area (Å²) in [4.78, 5) is 19.4. The van der Waals surface area contributed by atoms with Crippen LogP contribution >= 0.6 is 22.9 Å². The molecule has 31 heavy (non-hydrogen) atoms. The number of amides is 1. The van der Waals surface area contributed by atoms with Crippen LogP contribution in [0.25, 0.3) is 10.2 Å². The number of aromatic nitrogens is 1. The van der Waals surface area contributed by atoms with Crippen LogP contribution in [0, 0.1) is 0 Å². The fourth-order valence-corrected chi connectivity index (χ4v) is 5.17. The second-order valence-corrected chi connectivity index (χ2v) is 9.18. The quantitative estimate of drug-likeness (QED) is 0.498. The molecule has 4 rings (SSSR count). The Balaban J connectivity index is 1.39. The molecule has 3 aromatic rings. The average Bonchev–Trinajstić information content (AvgIpc) is 3.18. The molecule has 1 aromatic heterocycles. The van der Waals surface area contributed by atoms with Crippen molar-refractivity contribution in [3.8, 4) is 0 Å². The van der Waals surface area contributed by atoms with E-state index in [1.54, 1.807) is 18.3 Å². The number of halogens is 4. The molecular weight excluding hydrogens is 447 g/mol. The molecule has 1 aliphatic rings. The van der Waals surface area contributed by atoms with Gasteiger partial charge in [-0.15, -0.1) is 11.3 Å². The number of benzene rings is 2. The average molecular weight is 468 g/mol. The lowest BCUT2D eigenvalue weighted by Gasteiger charge is -2.34. The molecule has 2 heterocycles. The fourth-order valence-electron chi connectivity index (χ4n) is 3.86. The molecule has 0 saturated carbocycles. The van der Waals surface area contributed by atoms with Gasteiger partial charge in [0, 0.05) is 10.9 Å². The largest absolute Gasteiger partial charge is 0.418 e. The van der Waals surface area contributed by atoms with Crippen LogP contribution in [-0.4, -0.2) is 34.9 Å². The molecule has 9 heteroatoms. The van der Waals surface area contributed by atoms with Gasteiger partial charge in [-0.3, -0.25) is 9.69 Å². The zero-order valence-corrected chi connectivity index (χ0v) is 18.3. The van der Waals surface area contributed by atoms with Crippen molar-refractivity contribution in [1.29, 1.82) is 0 Å². The lowest BCUT2D eigenvalue weighted by Crippen LogP contribution is -2.45. The predicted octanol–water partition coefficient (Wildman–Crippen LogP) is 6.18. The summed E-state index contributed by atoms with van der Waals surface area (Å²) in [6, 6.07) is 10.8. The summed E-state index contributed by atoms with van der Waals surface area (Å²) >= 11 is 7.41. The van der Waals surface area contributed by atoms with E-state index in [0.717, 1.165) is 34.1 Å². The van der Waals surface area contributed by atoms with Crippen molar-refractivity contribution in [2.24, 2.45) is 0 Å². The molecule has 0 radical (unpaired) electrons. The summed E-state index contributed by atoms with van der Waals surface area (Å²) in [7, 11) is 0. The van der Waals surface area contributed by atoms with Crippen molar-refractivity contribution in [2.75, 3.05) is 18.4 Å². The van der Waals surface area contributed by atoms with Crippen LogP contribution in [0.1, 0.15) is 36.3 Å². The second kappa shape index (κ2) is 8.76. The summed E-state index contributed by atoms with van der Waals surface area (Å²) < 4.78 is 41.0. The van der Waals surface area contributed by atoms with Crippen molar-refractivity contribution >= 4 is 44.7 Å². The van der Waals surface area contributed by atoms with Gasteiger partial charge in [-0.25, -0.2) is 4.98 Å². The first-order valence-corrected chi connectivity index (χ1v) is 11.2. The third kappa shape index (κ3) is 4.86. The molecule has 0 bridgehead atoms. The Bertz CT molecular complexity index is 1060. The zero-order valence-electron chi connectivity index (χ0n) is 16.7. The highest BCUT2D eigenvalue weighted by Crippen LogP contribution is 2.37. The summed E-state index contributed by atoms with van der Waals surface area (Å²) in [5, 5.41) is 3.51. The number of piperidine rings is 1. The van der Waals surface area contributed by atoms with E-state index < -0.39 is 23.7 Å². The minimum absolute atomic E-state index is 0.0321. The number of rotatable bonds is 4. The minimum Gasteiger partial charge on any atom is -0.324 e. The van der Waals surface area contributed by atoms with Gasteiger partial charge in [-0.2, -0.15) is 13.2 Å². The Morgan fingerprint density at radius 2 is 1.94 bits per heavy atom. The Kier molecular flexibility index (Phi) is 6.23. The van der Waals surface area contributed by atoms with Gasteiger partial charge in [0.1, 0.15) is 0 Å². The molecule has 4 nitrogen and oxygen atoms in total.